The Morgan fingerprint density at radius 1 is 1.08 bits per heavy atom. The first-order valence-electron chi connectivity index (χ1n) is 13.6. The van der Waals surface area contributed by atoms with Crippen LogP contribution in [0, 0.1) is 17.3 Å². The molecule has 1 aromatic carbocycles. The highest BCUT2D eigenvalue weighted by molar-refractivity contribution is 7.98. The first-order valence-corrected chi connectivity index (χ1v) is 15.7. The summed E-state index contributed by atoms with van der Waals surface area (Å²) in [5, 5.41) is 1.21. The molecule has 1 saturated heterocycles. The number of amides is 1. The van der Waals surface area contributed by atoms with Crippen LogP contribution < -0.4 is 0 Å². The van der Waals surface area contributed by atoms with E-state index in [2.05, 4.69) is 33.3 Å². The van der Waals surface area contributed by atoms with Crippen LogP contribution in [0.5, 0.6) is 0 Å². The molecular formula is C29H36N4OS2. The quantitative estimate of drug-likeness (QED) is 0.334. The van der Waals surface area contributed by atoms with E-state index in [0.29, 0.717) is 17.3 Å². The molecule has 7 heteroatoms. The van der Waals surface area contributed by atoms with Gasteiger partial charge in [-0.25, -0.2) is 15.0 Å². The zero-order valence-electron chi connectivity index (χ0n) is 21.2. The summed E-state index contributed by atoms with van der Waals surface area (Å²) in [4.78, 5) is 30.6. The highest BCUT2D eigenvalue weighted by atomic mass is 32.2. The molecule has 3 heterocycles. The van der Waals surface area contributed by atoms with Gasteiger partial charge in [-0.2, -0.15) is 0 Å². The first-order chi connectivity index (χ1) is 17.6. The molecule has 2 aromatic heterocycles. The maximum absolute atomic E-state index is 13.3. The number of thioether (sulfide) groups is 1. The van der Waals surface area contributed by atoms with Crippen molar-refractivity contribution in [3.63, 3.8) is 0 Å². The third-order valence-electron chi connectivity index (χ3n) is 8.82. The summed E-state index contributed by atoms with van der Waals surface area (Å²) in [5.41, 5.74) is 2.27. The van der Waals surface area contributed by atoms with E-state index in [9.17, 15) is 4.79 Å². The fourth-order valence-electron chi connectivity index (χ4n) is 6.80. The molecule has 36 heavy (non-hydrogen) atoms. The van der Waals surface area contributed by atoms with Crippen molar-refractivity contribution >= 4 is 39.2 Å². The van der Waals surface area contributed by atoms with Gasteiger partial charge in [0.05, 0.1) is 15.2 Å². The second-order valence-electron chi connectivity index (χ2n) is 11.3. The number of aromatic nitrogens is 3. The zero-order chi connectivity index (χ0) is 24.5. The molecule has 2 saturated carbocycles. The summed E-state index contributed by atoms with van der Waals surface area (Å²) in [6.07, 6.45) is 19.5. The summed E-state index contributed by atoms with van der Waals surface area (Å²) in [6, 6.07) is 6.15. The van der Waals surface area contributed by atoms with E-state index in [1.165, 1.54) is 62.8 Å². The van der Waals surface area contributed by atoms with Gasteiger partial charge in [-0.1, -0.05) is 19.3 Å². The van der Waals surface area contributed by atoms with E-state index >= 15 is 0 Å². The highest BCUT2D eigenvalue weighted by Crippen LogP contribution is 2.44. The summed E-state index contributed by atoms with van der Waals surface area (Å²) >= 11 is 3.47. The molecule has 3 aromatic rings. The SMILES string of the molecule is CSc1cnc(C[C@H]2CC[C@H](Cc3nc4ccc(C(=O)N5CCC6(CCCCC6)C5)cc4s3)C2)nc1. The third-order valence-corrected chi connectivity index (χ3v) is 10.5. The Morgan fingerprint density at radius 2 is 1.86 bits per heavy atom. The maximum Gasteiger partial charge on any atom is 0.253 e. The lowest BCUT2D eigenvalue weighted by molar-refractivity contribution is 0.0759. The average molecular weight is 521 g/mol. The summed E-state index contributed by atoms with van der Waals surface area (Å²) in [5.74, 6) is 2.53. The lowest BCUT2D eigenvalue weighted by Gasteiger charge is -2.33. The lowest BCUT2D eigenvalue weighted by Crippen LogP contribution is -2.33. The van der Waals surface area contributed by atoms with Gasteiger partial charge in [0.15, 0.2) is 0 Å². The normalized spacial score (nSPS) is 23.6. The number of hydrogen-bond donors (Lipinski definition) is 0. The number of likely N-dealkylation sites (tertiary alicyclic amines) is 1. The Kier molecular flexibility index (Phi) is 7.04. The topological polar surface area (TPSA) is 59.0 Å². The molecule has 0 bridgehead atoms. The van der Waals surface area contributed by atoms with Crippen molar-refractivity contribution in [2.45, 2.75) is 75.5 Å². The standard InChI is InChI=1S/C29H36N4OS2/c1-35-23-17-30-26(31-18-23)14-20-5-6-21(13-20)15-27-32-24-8-7-22(16-25(24)36-27)28(34)33-12-11-29(19-33)9-3-2-4-10-29/h7-8,16-18,20-21H,2-6,9-15,19H2,1H3/t20-,21-/m0/s1. The van der Waals surface area contributed by atoms with Crippen LogP contribution in [0.25, 0.3) is 10.2 Å². The monoisotopic (exact) mass is 520 g/mol. The van der Waals surface area contributed by atoms with Crippen LogP contribution in [-0.4, -0.2) is 45.1 Å². The lowest BCUT2D eigenvalue weighted by atomic mass is 9.73. The molecule has 1 amide bonds. The Hall–Kier alpha value is -1.99. The van der Waals surface area contributed by atoms with Crippen LogP contribution in [0.3, 0.4) is 0 Å². The zero-order valence-corrected chi connectivity index (χ0v) is 22.9. The van der Waals surface area contributed by atoms with Gasteiger partial charge in [-0.15, -0.1) is 23.1 Å². The van der Waals surface area contributed by atoms with Crippen molar-refractivity contribution < 1.29 is 4.79 Å². The van der Waals surface area contributed by atoms with Gasteiger partial charge in [0.25, 0.3) is 5.91 Å². The van der Waals surface area contributed by atoms with Gasteiger partial charge in [0, 0.05) is 48.8 Å². The van der Waals surface area contributed by atoms with Gasteiger partial charge >= 0.3 is 0 Å². The molecule has 190 valence electrons. The summed E-state index contributed by atoms with van der Waals surface area (Å²) in [7, 11) is 0. The predicted octanol–water partition coefficient (Wildman–Crippen LogP) is 6.81. The molecule has 5 nitrogen and oxygen atoms in total. The van der Waals surface area contributed by atoms with Crippen LogP contribution in [0.2, 0.25) is 0 Å². The number of carbonyl (C=O) groups excluding carboxylic acids is 1. The number of thiazole rings is 1. The highest BCUT2D eigenvalue weighted by Gasteiger charge is 2.40. The largest absolute Gasteiger partial charge is 0.338 e. The van der Waals surface area contributed by atoms with Gasteiger partial charge in [-0.3, -0.25) is 4.79 Å². The Bertz CT molecular complexity index is 1220. The molecule has 0 radical (unpaired) electrons. The minimum Gasteiger partial charge on any atom is -0.338 e. The Morgan fingerprint density at radius 3 is 2.64 bits per heavy atom. The molecule has 2 atom stereocenters. The minimum atomic E-state index is 0.209. The number of rotatable bonds is 6. The molecular weight excluding hydrogens is 484 g/mol. The van der Waals surface area contributed by atoms with E-state index < -0.39 is 0 Å². The van der Waals surface area contributed by atoms with Crippen molar-refractivity contribution in [1.82, 2.24) is 19.9 Å². The van der Waals surface area contributed by atoms with Gasteiger partial charge in [-0.05, 0) is 80.2 Å². The van der Waals surface area contributed by atoms with Crippen LogP contribution in [0.4, 0.5) is 0 Å². The van der Waals surface area contributed by atoms with Crippen LogP contribution in [-0.2, 0) is 12.8 Å². The maximum atomic E-state index is 13.3. The second-order valence-corrected chi connectivity index (χ2v) is 13.3. The predicted molar refractivity (Wildman–Crippen MR) is 148 cm³/mol. The van der Waals surface area contributed by atoms with Gasteiger partial charge in [0.2, 0.25) is 0 Å². The Balaban J connectivity index is 1.07. The van der Waals surface area contributed by atoms with Crippen LogP contribution >= 0.6 is 23.1 Å². The number of nitrogens with zero attached hydrogens (tertiary/aromatic N) is 4. The van der Waals surface area contributed by atoms with Crippen molar-refractivity contribution in [3.8, 4) is 0 Å². The molecule has 0 unspecified atom stereocenters. The van der Waals surface area contributed by atoms with E-state index in [0.717, 1.165) is 52.4 Å². The van der Waals surface area contributed by atoms with E-state index in [1.807, 2.05) is 18.5 Å². The van der Waals surface area contributed by atoms with Crippen molar-refractivity contribution in [2.24, 2.45) is 17.3 Å². The molecule has 0 N–H and O–H groups in total. The smallest absolute Gasteiger partial charge is 0.253 e. The van der Waals surface area contributed by atoms with Crippen molar-refractivity contribution in [3.05, 3.63) is 47.0 Å². The molecule has 3 aliphatic rings. The van der Waals surface area contributed by atoms with Gasteiger partial charge in [0.1, 0.15) is 5.82 Å². The molecule has 1 aliphatic heterocycles. The van der Waals surface area contributed by atoms with Crippen LogP contribution in [0.1, 0.15) is 79.0 Å². The minimum absolute atomic E-state index is 0.209. The number of hydrogen-bond acceptors (Lipinski definition) is 6. The fourth-order valence-corrected chi connectivity index (χ4v) is 8.24. The third kappa shape index (κ3) is 5.19. The number of carbonyl (C=O) groups is 1. The van der Waals surface area contributed by atoms with E-state index in [4.69, 9.17) is 4.98 Å². The molecule has 3 fully saturated rings. The molecule has 2 aliphatic carbocycles. The number of fused-ring (bicyclic) bond motifs is 1. The Labute approximate surface area is 222 Å². The van der Waals surface area contributed by atoms with Crippen LogP contribution in [0.15, 0.2) is 35.5 Å². The van der Waals surface area contributed by atoms with Crippen molar-refractivity contribution in [1.29, 1.82) is 0 Å². The fraction of sp³-hybridized carbons (Fsp3) is 0.586. The average Bonchev–Trinajstić information content (AvgIpc) is 3.63. The van der Waals surface area contributed by atoms with Crippen molar-refractivity contribution in [2.75, 3.05) is 19.3 Å². The molecule has 6 rings (SSSR count). The summed E-state index contributed by atoms with van der Waals surface area (Å²) in [6.45, 7) is 1.87. The van der Waals surface area contributed by atoms with Gasteiger partial charge < -0.3 is 4.90 Å². The first kappa shape index (κ1) is 24.4. The van der Waals surface area contributed by atoms with E-state index in [1.54, 1.807) is 23.1 Å². The van der Waals surface area contributed by atoms with E-state index in [-0.39, 0.29) is 5.91 Å². The molecule has 1 spiro atoms. The summed E-state index contributed by atoms with van der Waals surface area (Å²) < 4.78 is 1.15. The second kappa shape index (κ2) is 10.4. The number of benzene rings is 1.